The smallest absolute Gasteiger partial charge is 0.169 e. The van der Waals surface area contributed by atoms with Crippen LogP contribution in [0.15, 0.2) is 54.6 Å². The molecule has 4 heteroatoms. The van der Waals surface area contributed by atoms with E-state index in [2.05, 4.69) is 17.4 Å². The normalized spacial score (nSPS) is 10.0. The second-order valence-corrected chi connectivity index (χ2v) is 5.24. The first-order chi connectivity index (χ1) is 10.2. The molecule has 1 N–H and O–H groups in total. The highest BCUT2D eigenvalue weighted by molar-refractivity contribution is 7.80. The second kappa shape index (κ2) is 7.64. The van der Waals surface area contributed by atoms with E-state index in [1.807, 2.05) is 54.4 Å². The molecule has 0 aliphatic heterocycles. The lowest BCUT2D eigenvalue weighted by Crippen LogP contribution is -2.36. The fourth-order valence-electron chi connectivity index (χ4n) is 1.99. The first kappa shape index (κ1) is 15.3. The van der Waals surface area contributed by atoms with Gasteiger partial charge in [0, 0.05) is 20.1 Å². The molecule has 0 bridgehead atoms. The molecule has 0 spiro atoms. The van der Waals surface area contributed by atoms with Gasteiger partial charge in [0.15, 0.2) is 5.11 Å². The molecular weight excluding hydrogens is 280 g/mol. The van der Waals surface area contributed by atoms with Crippen LogP contribution in [0.3, 0.4) is 0 Å². The molecule has 21 heavy (non-hydrogen) atoms. The number of hydrogen-bond donors (Lipinski definition) is 1. The van der Waals surface area contributed by atoms with E-state index in [-0.39, 0.29) is 0 Å². The molecule has 0 amide bonds. The van der Waals surface area contributed by atoms with E-state index in [1.54, 1.807) is 7.11 Å². The molecule has 0 aliphatic carbocycles. The van der Waals surface area contributed by atoms with Gasteiger partial charge in [-0.25, -0.2) is 0 Å². The number of methoxy groups -OCH3 is 1. The molecular formula is C17H20N2OS. The third-order valence-electron chi connectivity index (χ3n) is 3.21. The predicted molar refractivity (Wildman–Crippen MR) is 90.3 cm³/mol. The van der Waals surface area contributed by atoms with Crippen LogP contribution in [0.2, 0.25) is 0 Å². The lowest BCUT2D eigenvalue weighted by molar-refractivity contribution is 0.414. The van der Waals surface area contributed by atoms with E-state index in [0.717, 1.165) is 17.4 Å². The van der Waals surface area contributed by atoms with Gasteiger partial charge in [-0.15, -0.1) is 0 Å². The molecule has 0 saturated carbocycles. The zero-order chi connectivity index (χ0) is 15.1. The van der Waals surface area contributed by atoms with Gasteiger partial charge in [-0.1, -0.05) is 42.5 Å². The van der Waals surface area contributed by atoms with Crippen molar-refractivity contribution in [2.45, 2.75) is 13.1 Å². The average molecular weight is 300 g/mol. The van der Waals surface area contributed by atoms with Crippen LogP contribution in [0, 0.1) is 0 Å². The van der Waals surface area contributed by atoms with Crippen molar-refractivity contribution in [2.24, 2.45) is 0 Å². The summed E-state index contributed by atoms with van der Waals surface area (Å²) in [6.45, 7) is 1.51. The van der Waals surface area contributed by atoms with Crippen LogP contribution in [0.1, 0.15) is 11.1 Å². The lowest BCUT2D eigenvalue weighted by atomic mass is 10.2. The number of nitrogens with one attached hydrogen (secondary N) is 1. The van der Waals surface area contributed by atoms with Crippen LogP contribution in [0.25, 0.3) is 0 Å². The fraction of sp³-hybridized carbons (Fsp3) is 0.235. The number of nitrogens with zero attached hydrogens (tertiary/aromatic N) is 1. The number of ether oxygens (including phenoxy) is 1. The Morgan fingerprint density at radius 1 is 1.05 bits per heavy atom. The number of thiocarbonyl (C=S) groups is 1. The van der Waals surface area contributed by atoms with E-state index in [1.165, 1.54) is 11.1 Å². The maximum Gasteiger partial charge on any atom is 0.169 e. The van der Waals surface area contributed by atoms with Crippen molar-refractivity contribution < 1.29 is 4.74 Å². The highest BCUT2D eigenvalue weighted by Gasteiger charge is 2.04. The van der Waals surface area contributed by atoms with Crippen molar-refractivity contribution in [1.29, 1.82) is 0 Å². The van der Waals surface area contributed by atoms with Crippen LogP contribution in [0.5, 0.6) is 5.75 Å². The molecule has 0 saturated heterocycles. The second-order valence-electron chi connectivity index (χ2n) is 4.85. The minimum Gasteiger partial charge on any atom is -0.497 e. The molecule has 2 rings (SSSR count). The zero-order valence-electron chi connectivity index (χ0n) is 12.4. The molecule has 110 valence electrons. The minimum atomic E-state index is 0.710. The SMILES string of the molecule is COc1ccc(CNC(=S)N(C)Cc2ccccc2)cc1. The van der Waals surface area contributed by atoms with Gasteiger partial charge >= 0.3 is 0 Å². The van der Waals surface area contributed by atoms with Crippen LogP contribution in [-0.2, 0) is 13.1 Å². The third kappa shape index (κ3) is 4.76. The average Bonchev–Trinajstić information content (AvgIpc) is 2.54. The van der Waals surface area contributed by atoms with E-state index in [9.17, 15) is 0 Å². The maximum absolute atomic E-state index is 5.41. The molecule has 3 nitrogen and oxygen atoms in total. The first-order valence-corrected chi connectivity index (χ1v) is 7.25. The summed E-state index contributed by atoms with van der Waals surface area (Å²) in [5.41, 5.74) is 2.42. The van der Waals surface area contributed by atoms with Gasteiger partial charge in [0.05, 0.1) is 7.11 Å². The molecule has 0 unspecified atom stereocenters. The van der Waals surface area contributed by atoms with Crippen molar-refractivity contribution in [1.82, 2.24) is 10.2 Å². The maximum atomic E-state index is 5.41. The third-order valence-corrected chi connectivity index (χ3v) is 3.67. The molecule has 0 heterocycles. The van der Waals surface area contributed by atoms with Crippen LogP contribution >= 0.6 is 12.2 Å². The number of hydrogen-bond acceptors (Lipinski definition) is 2. The summed E-state index contributed by atoms with van der Waals surface area (Å²) in [7, 11) is 3.66. The topological polar surface area (TPSA) is 24.5 Å². The van der Waals surface area contributed by atoms with Crippen molar-refractivity contribution in [2.75, 3.05) is 14.2 Å². The molecule has 0 atom stereocenters. The summed E-state index contributed by atoms with van der Waals surface area (Å²) in [4.78, 5) is 2.04. The van der Waals surface area contributed by atoms with Crippen molar-refractivity contribution in [3.05, 3.63) is 65.7 Å². The van der Waals surface area contributed by atoms with E-state index in [4.69, 9.17) is 17.0 Å². The quantitative estimate of drug-likeness (QED) is 0.857. The van der Waals surface area contributed by atoms with E-state index < -0.39 is 0 Å². The Hall–Kier alpha value is -2.07. The summed E-state index contributed by atoms with van der Waals surface area (Å²) in [5, 5.41) is 4.02. The molecule has 0 aliphatic rings. The van der Waals surface area contributed by atoms with Gasteiger partial charge in [-0.05, 0) is 35.5 Å². The van der Waals surface area contributed by atoms with Crippen LogP contribution < -0.4 is 10.1 Å². The van der Waals surface area contributed by atoms with Gasteiger partial charge in [0.25, 0.3) is 0 Å². The molecule has 2 aromatic rings. The fourth-order valence-corrected chi connectivity index (χ4v) is 2.12. The molecule has 0 aromatic heterocycles. The molecule has 0 radical (unpaired) electrons. The Bertz CT molecular complexity index is 569. The highest BCUT2D eigenvalue weighted by atomic mass is 32.1. The van der Waals surface area contributed by atoms with Crippen molar-refractivity contribution >= 4 is 17.3 Å². The molecule has 0 fully saturated rings. The van der Waals surface area contributed by atoms with Gasteiger partial charge in [0.1, 0.15) is 5.75 Å². The summed E-state index contributed by atoms with van der Waals surface area (Å²) >= 11 is 5.41. The summed E-state index contributed by atoms with van der Waals surface area (Å²) in [6.07, 6.45) is 0. The van der Waals surface area contributed by atoms with E-state index >= 15 is 0 Å². The Kier molecular flexibility index (Phi) is 5.58. The lowest BCUT2D eigenvalue weighted by Gasteiger charge is -2.21. The zero-order valence-corrected chi connectivity index (χ0v) is 13.2. The van der Waals surface area contributed by atoms with Gasteiger partial charge in [-0.2, -0.15) is 0 Å². The minimum absolute atomic E-state index is 0.710. The van der Waals surface area contributed by atoms with Crippen LogP contribution in [-0.4, -0.2) is 24.2 Å². The first-order valence-electron chi connectivity index (χ1n) is 6.85. The number of benzene rings is 2. The molecule has 2 aromatic carbocycles. The Balaban J connectivity index is 1.83. The summed E-state index contributed by atoms with van der Waals surface area (Å²) < 4.78 is 5.14. The Labute approximate surface area is 131 Å². The largest absolute Gasteiger partial charge is 0.497 e. The Morgan fingerprint density at radius 2 is 1.71 bits per heavy atom. The number of rotatable bonds is 5. The van der Waals surface area contributed by atoms with Crippen LogP contribution in [0.4, 0.5) is 0 Å². The van der Waals surface area contributed by atoms with Gasteiger partial charge in [-0.3, -0.25) is 0 Å². The van der Waals surface area contributed by atoms with Gasteiger partial charge < -0.3 is 15.0 Å². The summed E-state index contributed by atoms with van der Waals surface area (Å²) in [6, 6.07) is 18.3. The van der Waals surface area contributed by atoms with Crippen molar-refractivity contribution in [3.63, 3.8) is 0 Å². The predicted octanol–water partition coefficient (Wildman–Crippen LogP) is 3.20. The Morgan fingerprint density at radius 3 is 2.33 bits per heavy atom. The highest BCUT2D eigenvalue weighted by Crippen LogP contribution is 2.11. The summed E-state index contributed by atoms with van der Waals surface area (Å²) in [5.74, 6) is 0.863. The van der Waals surface area contributed by atoms with Gasteiger partial charge in [0.2, 0.25) is 0 Å². The monoisotopic (exact) mass is 300 g/mol. The standard InChI is InChI=1S/C17H20N2OS/c1-19(13-15-6-4-3-5-7-15)17(21)18-12-14-8-10-16(20-2)11-9-14/h3-11H,12-13H2,1-2H3,(H,18,21). The van der Waals surface area contributed by atoms with Crippen molar-refractivity contribution in [3.8, 4) is 5.75 Å². The van der Waals surface area contributed by atoms with E-state index in [0.29, 0.717) is 6.54 Å².